The number of nitrogens with zero attached hydrogens (tertiary/aromatic N) is 1. The first-order valence-electron chi connectivity index (χ1n) is 6.08. The first-order chi connectivity index (χ1) is 8.87. The highest BCUT2D eigenvalue weighted by Crippen LogP contribution is 2.18. The number of alkyl halides is 2. The standard InChI is InChI=1S/C14H20Br2NO2/c1-17(2,3)6-7-19-14(18)11-4-5-12(9-15)13(8-11)10-16/h4-5,8H,6-7,9-10H2,1-3H3/q+1. The maximum Gasteiger partial charge on any atom is 0.338 e. The summed E-state index contributed by atoms with van der Waals surface area (Å²) < 4.78 is 6.08. The first kappa shape index (κ1) is 16.7. The van der Waals surface area contributed by atoms with Crippen LogP contribution in [0.25, 0.3) is 0 Å². The Morgan fingerprint density at radius 2 is 1.79 bits per heavy atom. The molecule has 0 bridgehead atoms. The Balaban J connectivity index is 2.67. The van der Waals surface area contributed by atoms with E-state index < -0.39 is 0 Å². The lowest BCUT2D eigenvalue weighted by molar-refractivity contribution is -0.870. The summed E-state index contributed by atoms with van der Waals surface area (Å²) in [6.07, 6.45) is 0. The molecule has 0 saturated heterocycles. The minimum Gasteiger partial charge on any atom is -0.456 e. The predicted molar refractivity (Wildman–Crippen MR) is 84.9 cm³/mol. The number of benzene rings is 1. The van der Waals surface area contributed by atoms with Crippen molar-refractivity contribution in [2.45, 2.75) is 10.7 Å². The summed E-state index contributed by atoms with van der Waals surface area (Å²) in [7, 11) is 6.21. The highest BCUT2D eigenvalue weighted by atomic mass is 79.9. The summed E-state index contributed by atoms with van der Waals surface area (Å²) in [5.41, 5.74) is 2.90. The monoisotopic (exact) mass is 392 g/mol. The molecular weight excluding hydrogens is 374 g/mol. The van der Waals surface area contributed by atoms with E-state index in [4.69, 9.17) is 4.74 Å². The molecular formula is C14H20Br2NO2+. The molecule has 0 radical (unpaired) electrons. The van der Waals surface area contributed by atoms with Crippen LogP contribution in [0.1, 0.15) is 21.5 Å². The molecule has 0 fully saturated rings. The fraction of sp³-hybridized carbons (Fsp3) is 0.500. The van der Waals surface area contributed by atoms with E-state index in [2.05, 4.69) is 53.0 Å². The fourth-order valence-electron chi connectivity index (χ4n) is 1.50. The van der Waals surface area contributed by atoms with Crippen LogP contribution >= 0.6 is 31.9 Å². The van der Waals surface area contributed by atoms with Crippen LogP contribution in [0.3, 0.4) is 0 Å². The molecule has 106 valence electrons. The van der Waals surface area contributed by atoms with E-state index in [9.17, 15) is 4.79 Å². The predicted octanol–water partition coefficient (Wildman–Crippen LogP) is 3.34. The summed E-state index contributed by atoms with van der Waals surface area (Å²) in [4.78, 5) is 11.9. The SMILES string of the molecule is C[N+](C)(C)CCOC(=O)c1ccc(CBr)c(CBr)c1. The average molecular weight is 394 g/mol. The molecule has 0 aliphatic heterocycles. The molecule has 3 nitrogen and oxygen atoms in total. The van der Waals surface area contributed by atoms with Gasteiger partial charge in [0, 0.05) is 10.7 Å². The smallest absolute Gasteiger partial charge is 0.338 e. The highest BCUT2D eigenvalue weighted by molar-refractivity contribution is 9.09. The Kier molecular flexibility index (Phi) is 6.50. The van der Waals surface area contributed by atoms with E-state index in [-0.39, 0.29) is 5.97 Å². The number of halogens is 2. The molecule has 0 amide bonds. The van der Waals surface area contributed by atoms with Crippen LogP contribution in [0.15, 0.2) is 18.2 Å². The number of carbonyl (C=O) groups excluding carboxylic acids is 1. The van der Waals surface area contributed by atoms with Gasteiger partial charge in [-0.25, -0.2) is 4.79 Å². The van der Waals surface area contributed by atoms with Crippen molar-refractivity contribution in [1.29, 1.82) is 0 Å². The van der Waals surface area contributed by atoms with Crippen molar-refractivity contribution < 1.29 is 14.0 Å². The summed E-state index contributed by atoms with van der Waals surface area (Å²) in [6.45, 7) is 1.24. The number of esters is 1. The van der Waals surface area contributed by atoms with Crippen LogP contribution < -0.4 is 0 Å². The van der Waals surface area contributed by atoms with Crippen LogP contribution in [0.4, 0.5) is 0 Å². The third-order valence-electron chi connectivity index (χ3n) is 2.73. The topological polar surface area (TPSA) is 26.3 Å². The van der Waals surface area contributed by atoms with E-state index >= 15 is 0 Å². The van der Waals surface area contributed by atoms with Gasteiger partial charge in [0.15, 0.2) is 0 Å². The van der Waals surface area contributed by atoms with Gasteiger partial charge in [0.2, 0.25) is 0 Å². The number of hydrogen-bond donors (Lipinski definition) is 0. The van der Waals surface area contributed by atoms with Gasteiger partial charge in [-0.15, -0.1) is 0 Å². The van der Waals surface area contributed by atoms with Crippen LogP contribution in [0, 0.1) is 0 Å². The molecule has 0 aliphatic carbocycles. The Hall–Kier alpha value is -0.390. The van der Waals surface area contributed by atoms with Crippen LogP contribution in [0.5, 0.6) is 0 Å². The molecule has 0 heterocycles. The largest absolute Gasteiger partial charge is 0.456 e. The van der Waals surface area contributed by atoms with Gasteiger partial charge in [0.1, 0.15) is 13.2 Å². The minimum atomic E-state index is -0.253. The van der Waals surface area contributed by atoms with Crippen LogP contribution in [0.2, 0.25) is 0 Å². The van der Waals surface area contributed by atoms with Crippen molar-refractivity contribution in [3.8, 4) is 0 Å². The van der Waals surface area contributed by atoms with Gasteiger partial charge >= 0.3 is 5.97 Å². The molecule has 0 unspecified atom stereocenters. The minimum absolute atomic E-state index is 0.253. The average Bonchev–Trinajstić information content (AvgIpc) is 2.36. The lowest BCUT2D eigenvalue weighted by Crippen LogP contribution is -2.38. The maximum atomic E-state index is 11.9. The molecule has 19 heavy (non-hydrogen) atoms. The van der Waals surface area contributed by atoms with Crippen molar-refractivity contribution in [2.24, 2.45) is 0 Å². The first-order valence-corrected chi connectivity index (χ1v) is 8.33. The van der Waals surface area contributed by atoms with Gasteiger partial charge in [0.05, 0.1) is 26.7 Å². The van der Waals surface area contributed by atoms with Gasteiger partial charge in [-0.1, -0.05) is 37.9 Å². The third kappa shape index (κ3) is 5.63. The molecule has 0 N–H and O–H groups in total. The Labute approximate surface area is 131 Å². The van der Waals surface area contributed by atoms with Gasteiger partial charge < -0.3 is 9.22 Å². The van der Waals surface area contributed by atoms with Gasteiger partial charge in [-0.3, -0.25) is 0 Å². The van der Waals surface area contributed by atoms with Gasteiger partial charge in [-0.2, -0.15) is 0 Å². The van der Waals surface area contributed by atoms with Crippen molar-refractivity contribution in [3.63, 3.8) is 0 Å². The van der Waals surface area contributed by atoms with Crippen molar-refractivity contribution in [2.75, 3.05) is 34.3 Å². The molecule has 0 atom stereocenters. The molecule has 1 aromatic rings. The fourth-order valence-corrected chi connectivity index (χ4v) is 2.57. The number of rotatable bonds is 6. The Morgan fingerprint density at radius 1 is 1.16 bits per heavy atom. The second-order valence-corrected chi connectivity index (χ2v) is 6.52. The van der Waals surface area contributed by atoms with Gasteiger partial charge in [-0.05, 0) is 23.3 Å². The van der Waals surface area contributed by atoms with E-state index in [1.165, 1.54) is 5.56 Å². The normalized spacial score (nSPS) is 11.4. The van der Waals surface area contributed by atoms with Crippen LogP contribution in [-0.2, 0) is 15.4 Å². The summed E-state index contributed by atoms with van der Waals surface area (Å²) in [5.74, 6) is -0.253. The number of carbonyl (C=O) groups is 1. The van der Waals surface area contributed by atoms with Crippen molar-refractivity contribution in [1.82, 2.24) is 0 Å². The Bertz CT molecular complexity index is 442. The molecule has 0 aliphatic rings. The molecule has 5 heteroatoms. The molecule has 0 aromatic heterocycles. The molecule has 0 spiro atoms. The second-order valence-electron chi connectivity index (χ2n) is 5.40. The van der Waals surface area contributed by atoms with E-state index in [0.29, 0.717) is 12.2 Å². The zero-order valence-corrected chi connectivity index (χ0v) is 14.8. The van der Waals surface area contributed by atoms with Crippen molar-refractivity contribution in [3.05, 3.63) is 34.9 Å². The number of likely N-dealkylation sites (N-methyl/N-ethyl adjacent to an activating group) is 1. The van der Waals surface area contributed by atoms with Crippen molar-refractivity contribution >= 4 is 37.8 Å². The van der Waals surface area contributed by atoms with E-state index in [0.717, 1.165) is 27.3 Å². The zero-order chi connectivity index (χ0) is 14.5. The van der Waals surface area contributed by atoms with E-state index in [1.807, 2.05) is 18.2 Å². The summed E-state index contributed by atoms with van der Waals surface area (Å²) in [5, 5.41) is 1.51. The van der Waals surface area contributed by atoms with Gasteiger partial charge in [0.25, 0.3) is 0 Å². The zero-order valence-electron chi connectivity index (χ0n) is 11.6. The number of quaternary nitrogens is 1. The molecule has 1 aromatic carbocycles. The summed E-state index contributed by atoms with van der Waals surface area (Å²) >= 11 is 6.87. The third-order valence-corrected chi connectivity index (χ3v) is 3.93. The number of ether oxygens (including phenoxy) is 1. The van der Waals surface area contributed by atoms with E-state index in [1.54, 1.807) is 0 Å². The lowest BCUT2D eigenvalue weighted by atomic mass is 10.1. The summed E-state index contributed by atoms with van der Waals surface area (Å²) in [6, 6.07) is 5.67. The quantitative estimate of drug-likeness (QED) is 0.421. The Morgan fingerprint density at radius 3 is 2.32 bits per heavy atom. The van der Waals surface area contributed by atoms with Crippen LogP contribution in [-0.4, -0.2) is 44.7 Å². The highest BCUT2D eigenvalue weighted by Gasteiger charge is 2.12. The lowest BCUT2D eigenvalue weighted by Gasteiger charge is -2.23. The number of hydrogen-bond acceptors (Lipinski definition) is 2. The second kappa shape index (κ2) is 7.41. The molecule has 0 saturated carbocycles. The maximum absolute atomic E-state index is 11.9. The molecule has 1 rings (SSSR count).